The van der Waals surface area contributed by atoms with Crippen LogP contribution in [0.2, 0.25) is 0 Å². The number of phenolic OH excluding ortho intramolecular Hbond substituents is 2. The van der Waals surface area contributed by atoms with Crippen LogP contribution in [0, 0.1) is 0 Å². The number of anilines is 1. The first-order valence-corrected chi connectivity index (χ1v) is 8.52. The van der Waals surface area contributed by atoms with E-state index in [4.69, 9.17) is 0 Å². The van der Waals surface area contributed by atoms with Gasteiger partial charge in [-0.05, 0) is 38.1 Å². The maximum atomic E-state index is 10.4. The standard InChI is InChI=1S/C20H25N3O2/c1-3-23(4-2)18-10-7-9-17(20(18)25)15-22-13-12-21-14-16-8-5-6-11-19(16)24/h5-11,14-15,24-25H,3-4,12-13H2,1-2H3. The van der Waals surface area contributed by atoms with Gasteiger partial charge in [0.2, 0.25) is 0 Å². The van der Waals surface area contributed by atoms with Crippen LogP contribution in [-0.2, 0) is 0 Å². The van der Waals surface area contributed by atoms with Gasteiger partial charge in [-0.1, -0.05) is 18.2 Å². The van der Waals surface area contributed by atoms with Crippen LogP contribution in [0.5, 0.6) is 11.5 Å². The highest BCUT2D eigenvalue weighted by Crippen LogP contribution is 2.29. The quantitative estimate of drug-likeness (QED) is 0.571. The van der Waals surface area contributed by atoms with Crippen molar-refractivity contribution in [2.75, 3.05) is 31.1 Å². The number of para-hydroxylation sites is 2. The zero-order valence-corrected chi connectivity index (χ0v) is 14.8. The van der Waals surface area contributed by atoms with Crippen LogP contribution in [0.3, 0.4) is 0 Å². The van der Waals surface area contributed by atoms with Crippen molar-refractivity contribution in [3.05, 3.63) is 53.6 Å². The SMILES string of the molecule is CCN(CC)c1cccc(C=NCCN=Cc2ccccc2O)c1O. The molecule has 2 rings (SSSR count). The van der Waals surface area contributed by atoms with Crippen molar-refractivity contribution < 1.29 is 10.2 Å². The molecule has 0 saturated heterocycles. The number of hydrogen-bond acceptors (Lipinski definition) is 5. The summed E-state index contributed by atoms with van der Waals surface area (Å²) in [5, 5.41) is 20.1. The molecule has 0 unspecified atom stereocenters. The molecule has 5 nitrogen and oxygen atoms in total. The Morgan fingerprint density at radius 2 is 1.44 bits per heavy atom. The molecule has 2 aromatic carbocycles. The van der Waals surface area contributed by atoms with Crippen molar-refractivity contribution in [1.29, 1.82) is 0 Å². The van der Waals surface area contributed by atoms with Gasteiger partial charge in [0.1, 0.15) is 11.5 Å². The third-order valence-corrected chi connectivity index (χ3v) is 3.91. The third kappa shape index (κ3) is 5.08. The van der Waals surface area contributed by atoms with Gasteiger partial charge in [0.05, 0.1) is 18.8 Å². The van der Waals surface area contributed by atoms with Crippen molar-refractivity contribution in [1.82, 2.24) is 0 Å². The Balaban J connectivity index is 1.94. The maximum absolute atomic E-state index is 10.4. The van der Waals surface area contributed by atoms with Crippen LogP contribution < -0.4 is 4.90 Å². The average molecular weight is 339 g/mol. The zero-order valence-electron chi connectivity index (χ0n) is 14.8. The van der Waals surface area contributed by atoms with E-state index < -0.39 is 0 Å². The molecule has 2 aromatic rings. The molecule has 5 heteroatoms. The summed E-state index contributed by atoms with van der Waals surface area (Å²) >= 11 is 0. The van der Waals surface area contributed by atoms with Gasteiger partial charge in [-0.25, -0.2) is 0 Å². The fourth-order valence-electron chi connectivity index (χ4n) is 2.51. The highest BCUT2D eigenvalue weighted by atomic mass is 16.3. The minimum Gasteiger partial charge on any atom is -0.507 e. The summed E-state index contributed by atoms with van der Waals surface area (Å²) in [6, 6.07) is 12.7. The molecule has 0 atom stereocenters. The molecule has 0 radical (unpaired) electrons. The number of aromatic hydroxyl groups is 2. The zero-order chi connectivity index (χ0) is 18.1. The fourth-order valence-corrected chi connectivity index (χ4v) is 2.51. The van der Waals surface area contributed by atoms with Crippen LogP contribution in [-0.4, -0.2) is 48.8 Å². The number of aliphatic imine (C=N–C) groups is 2. The minimum atomic E-state index is 0.216. The number of hydrogen-bond donors (Lipinski definition) is 2. The predicted octanol–water partition coefficient (Wildman–Crippen LogP) is 3.48. The second kappa shape index (κ2) is 9.47. The highest BCUT2D eigenvalue weighted by molar-refractivity contribution is 5.87. The summed E-state index contributed by atoms with van der Waals surface area (Å²) in [6.07, 6.45) is 3.32. The van der Waals surface area contributed by atoms with E-state index in [0.29, 0.717) is 24.2 Å². The normalized spacial score (nSPS) is 11.4. The molecule has 0 aromatic heterocycles. The van der Waals surface area contributed by atoms with Crippen LogP contribution in [0.4, 0.5) is 5.69 Å². The molecule has 2 N–H and O–H groups in total. The smallest absolute Gasteiger partial charge is 0.147 e. The lowest BCUT2D eigenvalue weighted by molar-refractivity contribution is 0.473. The molecule has 0 bridgehead atoms. The Labute approximate surface area is 149 Å². The lowest BCUT2D eigenvalue weighted by Crippen LogP contribution is -2.22. The summed E-state index contributed by atoms with van der Waals surface area (Å²) in [4.78, 5) is 10.7. The van der Waals surface area contributed by atoms with Crippen molar-refractivity contribution in [2.24, 2.45) is 9.98 Å². The molecule has 0 aliphatic heterocycles. The first-order chi connectivity index (χ1) is 12.2. The molecular formula is C20H25N3O2. The Kier molecular flexibility index (Phi) is 7.01. The van der Waals surface area contributed by atoms with Gasteiger partial charge in [-0.3, -0.25) is 9.98 Å². The van der Waals surface area contributed by atoms with Crippen LogP contribution in [0.1, 0.15) is 25.0 Å². The van der Waals surface area contributed by atoms with E-state index in [2.05, 4.69) is 28.7 Å². The number of benzene rings is 2. The van der Waals surface area contributed by atoms with E-state index in [9.17, 15) is 10.2 Å². The molecular weight excluding hydrogens is 314 g/mol. The molecule has 132 valence electrons. The summed E-state index contributed by atoms with van der Waals surface area (Å²) in [5.41, 5.74) is 2.22. The van der Waals surface area contributed by atoms with E-state index in [1.165, 1.54) is 0 Å². The Morgan fingerprint density at radius 1 is 0.840 bits per heavy atom. The Morgan fingerprint density at radius 3 is 2.08 bits per heavy atom. The maximum Gasteiger partial charge on any atom is 0.147 e. The van der Waals surface area contributed by atoms with Gasteiger partial charge < -0.3 is 15.1 Å². The van der Waals surface area contributed by atoms with Crippen LogP contribution >= 0.6 is 0 Å². The van der Waals surface area contributed by atoms with Crippen molar-refractivity contribution in [2.45, 2.75) is 13.8 Å². The molecule has 0 aliphatic rings. The lowest BCUT2D eigenvalue weighted by Gasteiger charge is -2.22. The monoisotopic (exact) mass is 339 g/mol. The van der Waals surface area contributed by atoms with Gasteiger partial charge in [-0.15, -0.1) is 0 Å². The van der Waals surface area contributed by atoms with E-state index in [0.717, 1.165) is 18.8 Å². The summed E-state index contributed by atoms with van der Waals surface area (Å²) in [7, 11) is 0. The largest absolute Gasteiger partial charge is 0.507 e. The second-order valence-electron chi connectivity index (χ2n) is 5.52. The van der Waals surface area contributed by atoms with E-state index >= 15 is 0 Å². The minimum absolute atomic E-state index is 0.216. The Bertz CT molecular complexity index is 737. The number of nitrogens with zero attached hydrogens (tertiary/aromatic N) is 3. The molecule has 25 heavy (non-hydrogen) atoms. The average Bonchev–Trinajstić information content (AvgIpc) is 2.63. The first-order valence-electron chi connectivity index (χ1n) is 8.52. The van der Waals surface area contributed by atoms with Crippen LogP contribution in [0.25, 0.3) is 0 Å². The topological polar surface area (TPSA) is 68.4 Å². The molecule has 0 fully saturated rings. The van der Waals surface area contributed by atoms with Crippen LogP contribution in [0.15, 0.2) is 52.4 Å². The number of rotatable bonds is 8. The van der Waals surface area contributed by atoms with Gasteiger partial charge in [0.15, 0.2) is 0 Å². The molecule has 0 heterocycles. The fraction of sp³-hybridized carbons (Fsp3) is 0.300. The van der Waals surface area contributed by atoms with Crippen molar-refractivity contribution >= 4 is 18.1 Å². The van der Waals surface area contributed by atoms with Gasteiger partial charge >= 0.3 is 0 Å². The summed E-state index contributed by atoms with van der Waals surface area (Å²) in [6.45, 7) is 6.83. The summed E-state index contributed by atoms with van der Waals surface area (Å²) in [5.74, 6) is 0.473. The van der Waals surface area contributed by atoms with E-state index in [1.54, 1.807) is 30.6 Å². The van der Waals surface area contributed by atoms with Gasteiger partial charge in [-0.2, -0.15) is 0 Å². The third-order valence-electron chi connectivity index (χ3n) is 3.91. The lowest BCUT2D eigenvalue weighted by atomic mass is 10.1. The van der Waals surface area contributed by atoms with Gasteiger partial charge in [0.25, 0.3) is 0 Å². The van der Waals surface area contributed by atoms with E-state index in [1.807, 2.05) is 24.3 Å². The molecule has 0 amide bonds. The highest BCUT2D eigenvalue weighted by Gasteiger charge is 2.09. The van der Waals surface area contributed by atoms with Crippen molar-refractivity contribution in [3.8, 4) is 11.5 Å². The molecule has 0 saturated carbocycles. The molecule has 0 aliphatic carbocycles. The number of phenols is 2. The van der Waals surface area contributed by atoms with E-state index in [-0.39, 0.29) is 11.5 Å². The predicted molar refractivity (Wildman–Crippen MR) is 105 cm³/mol. The second-order valence-corrected chi connectivity index (χ2v) is 5.52. The summed E-state index contributed by atoms with van der Waals surface area (Å²) < 4.78 is 0. The molecule has 0 spiro atoms. The first kappa shape index (κ1) is 18.5. The Hall–Kier alpha value is -2.82. The van der Waals surface area contributed by atoms with Gasteiger partial charge in [0, 0.05) is 36.6 Å². The van der Waals surface area contributed by atoms with Crippen molar-refractivity contribution in [3.63, 3.8) is 0 Å².